The molecule has 1 aromatic rings. The van der Waals surface area contributed by atoms with E-state index in [1.807, 2.05) is 0 Å². The maximum Gasteiger partial charge on any atom is 1.00 e. The number of nitrogen functional groups attached to an aromatic ring is 1. The first-order valence-corrected chi connectivity index (χ1v) is 5.59. The van der Waals surface area contributed by atoms with Crippen LogP contribution in [0, 0.1) is 0 Å². The smallest absolute Gasteiger partial charge is 0.545 e. The fourth-order valence-corrected chi connectivity index (χ4v) is 1.93. The maximum atomic E-state index is 11.7. The second-order valence-corrected chi connectivity index (χ2v) is 4.25. The number of carboxylic acid groups (broad SMARTS) is 1. The van der Waals surface area contributed by atoms with Gasteiger partial charge in [-0.1, -0.05) is 0 Å². The third-order valence-corrected chi connectivity index (χ3v) is 2.99. The number of nitrogens with zero attached hydrogens (tertiary/aromatic N) is 2. The predicted octanol–water partition coefficient (Wildman–Crippen LogP) is -7.20. The normalized spacial score (nSPS) is 28.1. The molecule has 1 aromatic heterocycles. The molecule has 110 valence electrons. The molecule has 5 N–H and O–H groups in total. The molecule has 1 saturated heterocycles. The number of carbonyl (C=O) groups excluding carboxylic acids is 1. The molecule has 2 heterocycles. The molecule has 1 fully saturated rings. The van der Waals surface area contributed by atoms with E-state index in [4.69, 9.17) is 15.6 Å². The zero-order chi connectivity index (χ0) is 15.0. The number of nitrogens with two attached hydrogens (primary N) is 1. The number of hydrogen-bond acceptors (Lipinski definition) is 9. The molecule has 1 aliphatic rings. The molecular formula is C10H12N3NaO7. The van der Waals surface area contributed by atoms with Gasteiger partial charge in [0, 0.05) is 6.20 Å². The van der Waals surface area contributed by atoms with Crippen molar-refractivity contribution in [2.24, 2.45) is 0 Å². The molecule has 2 rings (SSSR count). The molecule has 0 aliphatic carbocycles. The Bertz CT molecular complexity index is 593. The SMILES string of the molecule is Nc1nc(=O)n(C2OC(CO)C(O)C2O)cc1C(=O)[O-].[Na+]. The van der Waals surface area contributed by atoms with E-state index in [1.54, 1.807) is 0 Å². The quantitative estimate of drug-likeness (QED) is 0.396. The Morgan fingerprint density at radius 2 is 2.10 bits per heavy atom. The van der Waals surface area contributed by atoms with Gasteiger partial charge in [0.05, 0.1) is 18.1 Å². The van der Waals surface area contributed by atoms with Crippen LogP contribution in [0.5, 0.6) is 0 Å². The Morgan fingerprint density at radius 1 is 1.48 bits per heavy atom. The van der Waals surface area contributed by atoms with Crippen LogP contribution in [0.25, 0.3) is 0 Å². The number of ether oxygens (including phenoxy) is 1. The zero-order valence-electron chi connectivity index (χ0n) is 11.0. The number of anilines is 1. The molecule has 11 heteroatoms. The van der Waals surface area contributed by atoms with Gasteiger partial charge in [-0.15, -0.1) is 0 Å². The van der Waals surface area contributed by atoms with Gasteiger partial charge in [-0.05, 0) is 0 Å². The van der Waals surface area contributed by atoms with Crippen molar-refractivity contribution >= 4 is 11.8 Å². The van der Waals surface area contributed by atoms with Gasteiger partial charge in [-0.3, -0.25) is 4.57 Å². The molecule has 4 unspecified atom stereocenters. The van der Waals surface area contributed by atoms with Crippen LogP contribution >= 0.6 is 0 Å². The minimum Gasteiger partial charge on any atom is -0.545 e. The molecule has 0 bridgehead atoms. The molecule has 0 spiro atoms. The number of rotatable bonds is 3. The average molecular weight is 309 g/mol. The second kappa shape index (κ2) is 6.83. The van der Waals surface area contributed by atoms with Crippen LogP contribution < -0.4 is 46.1 Å². The van der Waals surface area contributed by atoms with E-state index < -0.39 is 54.2 Å². The fraction of sp³-hybridized carbons (Fsp3) is 0.500. The third kappa shape index (κ3) is 3.26. The summed E-state index contributed by atoms with van der Waals surface area (Å²) in [6, 6.07) is 0. The third-order valence-electron chi connectivity index (χ3n) is 2.99. The number of carboxylic acids is 1. The zero-order valence-corrected chi connectivity index (χ0v) is 13.0. The van der Waals surface area contributed by atoms with E-state index in [0.29, 0.717) is 4.57 Å². The van der Waals surface area contributed by atoms with Crippen LogP contribution in [0.15, 0.2) is 11.0 Å². The molecule has 4 atom stereocenters. The summed E-state index contributed by atoms with van der Waals surface area (Å²) in [4.78, 5) is 25.8. The van der Waals surface area contributed by atoms with Gasteiger partial charge in [0.1, 0.15) is 24.1 Å². The topological polar surface area (TPSA) is 171 Å². The van der Waals surface area contributed by atoms with E-state index in [-0.39, 0.29) is 29.6 Å². The summed E-state index contributed by atoms with van der Waals surface area (Å²) in [5.41, 5.74) is 3.74. The van der Waals surface area contributed by atoms with Crippen molar-refractivity contribution in [2.45, 2.75) is 24.5 Å². The van der Waals surface area contributed by atoms with Gasteiger partial charge in [0.2, 0.25) is 0 Å². The molecule has 21 heavy (non-hydrogen) atoms. The van der Waals surface area contributed by atoms with Crippen molar-refractivity contribution in [1.29, 1.82) is 0 Å². The summed E-state index contributed by atoms with van der Waals surface area (Å²) < 4.78 is 5.77. The van der Waals surface area contributed by atoms with Crippen molar-refractivity contribution in [3.05, 3.63) is 22.2 Å². The van der Waals surface area contributed by atoms with Crippen molar-refractivity contribution < 1.29 is 59.5 Å². The van der Waals surface area contributed by atoms with E-state index in [9.17, 15) is 24.9 Å². The summed E-state index contributed by atoms with van der Waals surface area (Å²) in [5.74, 6) is -2.19. The van der Waals surface area contributed by atoms with Crippen LogP contribution in [-0.4, -0.2) is 55.8 Å². The predicted molar refractivity (Wildman–Crippen MR) is 60.2 cm³/mol. The van der Waals surface area contributed by atoms with Gasteiger partial charge >= 0.3 is 35.2 Å². The van der Waals surface area contributed by atoms with Crippen LogP contribution in [-0.2, 0) is 4.74 Å². The number of carbonyl (C=O) groups is 1. The number of aliphatic hydroxyl groups is 3. The molecule has 0 amide bonds. The Balaban J connectivity index is 0.00000220. The Labute approximate surface area is 140 Å². The van der Waals surface area contributed by atoms with Gasteiger partial charge in [-0.25, -0.2) is 4.79 Å². The van der Waals surface area contributed by atoms with E-state index in [1.165, 1.54) is 0 Å². The van der Waals surface area contributed by atoms with Crippen LogP contribution in [0.4, 0.5) is 5.82 Å². The summed E-state index contributed by atoms with van der Waals surface area (Å²) in [6.45, 7) is -0.584. The van der Waals surface area contributed by atoms with Crippen molar-refractivity contribution in [3.63, 3.8) is 0 Å². The number of aromatic nitrogens is 2. The molecule has 0 aromatic carbocycles. The summed E-state index contributed by atoms with van der Waals surface area (Å²) >= 11 is 0. The Kier molecular flexibility index (Phi) is 5.87. The van der Waals surface area contributed by atoms with Gasteiger partial charge in [0.25, 0.3) is 0 Å². The summed E-state index contributed by atoms with van der Waals surface area (Å²) in [6.07, 6.45) is -4.65. The second-order valence-electron chi connectivity index (χ2n) is 4.25. The van der Waals surface area contributed by atoms with Gasteiger partial charge < -0.3 is 35.7 Å². The average Bonchev–Trinajstić information content (AvgIpc) is 2.66. The maximum absolute atomic E-state index is 11.7. The van der Waals surface area contributed by atoms with Crippen LogP contribution in [0.1, 0.15) is 16.6 Å². The summed E-state index contributed by atoms with van der Waals surface area (Å²) in [7, 11) is 0. The molecular weight excluding hydrogens is 297 g/mol. The number of aromatic carboxylic acids is 1. The Hall–Kier alpha value is -1.01. The Morgan fingerprint density at radius 3 is 2.57 bits per heavy atom. The van der Waals surface area contributed by atoms with Crippen LogP contribution in [0.2, 0.25) is 0 Å². The summed E-state index contributed by atoms with van der Waals surface area (Å²) in [5, 5.41) is 39.1. The fourth-order valence-electron chi connectivity index (χ4n) is 1.93. The van der Waals surface area contributed by atoms with E-state index >= 15 is 0 Å². The van der Waals surface area contributed by atoms with Crippen molar-refractivity contribution in [1.82, 2.24) is 9.55 Å². The minimum absolute atomic E-state index is 0. The standard InChI is InChI=1S/C10H13N3O7.Na/c11-7-3(9(17)18)1-13(10(19)12-7)8-6(16)5(15)4(2-14)20-8;/h1,4-6,8,14-16H,2H2,(H,17,18)(H2,11,12,19);/q;+1/p-1. The first kappa shape index (κ1) is 18.0. The first-order chi connectivity index (χ1) is 9.36. The number of aliphatic hydroxyl groups excluding tert-OH is 3. The largest absolute Gasteiger partial charge is 1.00 e. The molecule has 0 radical (unpaired) electrons. The van der Waals surface area contributed by atoms with E-state index in [2.05, 4.69) is 4.98 Å². The van der Waals surface area contributed by atoms with Crippen molar-refractivity contribution in [2.75, 3.05) is 12.3 Å². The van der Waals surface area contributed by atoms with Gasteiger partial charge in [0.15, 0.2) is 6.23 Å². The monoisotopic (exact) mass is 309 g/mol. The molecule has 0 saturated carbocycles. The van der Waals surface area contributed by atoms with Gasteiger partial charge in [-0.2, -0.15) is 4.98 Å². The number of hydrogen-bond donors (Lipinski definition) is 4. The van der Waals surface area contributed by atoms with Crippen LogP contribution in [0.3, 0.4) is 0 Å². The molecule has 1 aliphatic heterocycles. The van der Waals surface area contributed by atoms with Crippen molar-refractivity contribution in [3.8, 4) is 0 Å². The van der Waals surface area contributed by atoms with E-state index in [0.717, 1.165) is 6.20 Å². The molecule has 10 nitrogen and oxygen atoms in total. The minimum atomic E-state index is -1.66. The first-order valence-electron chi connectivity index (χ1n) is 5.59.